The quantitative estimate of drug-likeness (QED) is 0.593. The van der Waals surface area contributed by atoms with E-state index in [4.69, 9.17) is 9.15 Å². The molecule has 3 N–H and O–H groups in total. The van der Waals surface area contributed by atoms with Crippen LogP contribution in [0.5, 0.6) is 5.75 Å². The number of aromatic hydroxyl groups is 1. The lowest BCUT2D eigenvalue weighted by Crippen LogP contribution is -2.36. The Balaban J connectivity index is 1.65. The fourth-order valence-corrected chi connectivity index (χ4v) is 3.34. The summed E-state index contributed by atoms with van der Waals surface area (Å²) >= 11 is 0. The van der Waals surface area contributed by atoms with E-state index in [1.54, 1.807) is 30.3 Å². The first-order valence-corrected chi connectivity index (χ1v) is 9.41. The molecule has 30 heavy (non-hydrogen) atoms. The van der Waals surface area contributed by atoms with E-state index in [1.165, 1.54) is 24.5 Å². The van der Waals surface area contributed by atoms with Crippen molar-refractivity contribution >= 4 is 23.3 Å². The van der Waals surface area contributed by atoms with Crippen LogP contribution in [0.15, 0.2) is 59.2 Å². The summed E-state index contributed by atoms with van der Waals surface area (Å²) in [4.78, 5) is 26.6. The van der Waals surface area contributed by atoms with Crippen LogP contribution >= 0.6 is 0 Å². The Kier molecular flexibility index (Phi) is 5.40. The molecule has 0 saturated carbocycles. The van der Waals surface area contributed by atoms with E-state index < -0.39 is 11.9 Å². The number of benzene rings is 2. The number of rotatable bonds is 5. The molecule has 0 spiro atoms. The maximum Gasteiger partial charge on any atom is 0.337 e. The summed E-state index contributed by atoms with van der Waals surface area (Å²) in [5.74, 6) is -1.44. The number of aromatic carboxylic acids is 1. The van der Waals surface area contributed by atoms with E-state index in [0.29, 0.717) is 37.6 Å². The van der Waals surface area contributed by atoms with Gasteiger partial charge < -0.3 is 29.6 Å². The molecular formula is C22H20N2O6. The molecule has 2 heterocycles. The fourth-order valence-electron chi connectivity index (χ4n) is 3.34. The van der Waals surface area contributed by atoms with Crippen molar-refractivity contribution in [2.75, 3.05) is 36.5 Å². The third kappa shape index (κ3) is 3.99. The van der Waals surface area contributed by atoms with Crippen molar-refractivity contribution in [3.63, 3.8) is 0 Å². The van der Waals surface area contributed by atoms with Gasteiger partial charge in [-0.25, -0.2) is 4.79 Å². The Hall–Kier alpha value is -3.78. The van der Waals surface area contributed by atoms with Crippen LogP contribution in [0.25, 0.3) is 11.3 Å². The summed E-state index contributed by atoms with van der Waals surface area (Å²) in [5.41, 5.74) is 1.49. The van der Waals surface area contributed by atoms with Crippen LogP contribution in [-0.2, 0) is 4.74 Å². The fraction of sp³-hybridized carbons (Fsp3) is 0.182. The van der Waals surface area contributed by atoms with E-state index in [2.05, 4.69) is 10.2 Å². The minimum Gasteiger partial charge on any atom is -0.507 e. The lowest BCUT2D eigenvalue weighted by atomic mass is 10.1. The number of carbonyl (C=O) groups excluding carboxylic acids is 1. The third-order valence-electron chi connectivity index (χ3n) is 4.90. The van der Waals surface area contributed by atoms with Crippen molar-refractivity contribution in [1.29, 1.82) is 0 Å². The largest absolute Gasteiger partial charge is 0.507 e. The molecule has 1 amide bonds. The molecule has 1 aliphatic heterocycles. The van der Waals surface area contributed by atoms with Gasteiger partial charge in [0.15, 0.2) is 0 Å². The van der Waals surface area contributed by atoms with E-state index >= 15 is 0 Å². The first-order valence-electron chi connectivity index (χ1n) is 9.41. The molecular weight excluding hydrogens is 388 g/mol. The predicted octanol–water partition coefficient (Wildman–Crippen LogP) is 3.44. The smallest absolute Gasteiger partial charge is 0.337 e. The lowest BCUT2D eigenvalue weighted by molar-refractivity contribution is 0.0698. The van der Waals surface area contributed by atoms with Crippen LogP contribution in [0.4, 0.5) is 11.4 Å². The number of phenolic OH excluding ortho intramolecular Hbond substituents is 1. The molecule has 154 valence electrons. The summed E-state index contributed by atoms with van der Waals surface area (Å²) in [5, 5.41) is 22.3. The topological polar surface area (TPSA) is 112 Å². The number of furan rings is 1. The Morgan fingerprint density at radius 1 is 1.00 bits per heavy atom. The number of carbonyl (C=O) groups is 2. The minimum absolute atomic E-state index is 0.0544. The number of phenols is 1. The first kappa shape index (κ1) is 19.5. The zero-order valence-electron chi connectivity index (χ0n) is 16.0. The molecule has 0 unspecified atom stereocenters. The van der Waals surface area contributed by atoms with Crippen LogP contribution in [0.3, 0.4) is 0 Å². The van der Waals surface area contributed by atoms with Gasteiger partial charge in [-0.15, -0.1) is 0 Å². The van der Waals surface area contributed by atoms with Gasteiger partial charge in [-0.05, 0) is 42.5 Å². The van der Waals surface area contributed by atoms with Crippen molar-refractivity contribution in [1.82, 2.24) is 0 Å². The highest BCUT2D eigenvalue weighted by Crippen LogP contribution is 2.29. The molecule has 8 nitrogen and oxygen atoms in total. The highest BCUT2D eigenvalue weighted by molar-refractivity contribution is 6.10. The Morgan fingerprint density at radius 2 is 1.80 bits per heavy atom. The summed E-state index contributed by atoms with van der Waals surface area (Å²) in [6.45, 7) is 2.54. The summed E-state index contributed by atoms with van der Waals surface area (Å²) < 4.78 is 10.7. The number of amides is 1. The number of carboxylic acid groups (broad SMARTS) is 1. The Labute approximate surface area is 172 Å². The predicted molar refractivity (Wildman–Crippen MR) is 110 cm³/mol. The highest BCUT2D eigenvalue weighted by atomic mass is 16.5. The molecule has 1 aromatic heterocycles. The molecule has 0 atom stereocenters. The maximum absolute atomic E-state index is 12.9. The van der Waals surface area contributed by atoms with Gasteiger partial charge in [0.2, 0.25) is 0 Å². The summed E-state index contributed by atoms with van der Waals surface area (Å²) in [6.07, 6.45) is 1.51. The molecule has 0 bridgehead atoms. The molecule has 1 saturated heterocycles. The Morgan fingerprint density at radius 3 is 2.50 bits per heavy atom. The molecule has 0 aliphatic carbocycles. The minimum atomic E-state index is -1.18. The van der Waals surface area contributed by atoms with E-state index in [-0.39, 0.29) is 22.6 Å². The first-order chi connectivity index (χ1) is 14.5. The molecule has 4 rings (SSSR count). The standard InChI is InChI=1S/C22H20N2O6/c25-19-6-4-15(24-7-10-29-11-8-24)13-17(19)21(26)23-18-12-14(20-2-1-9-30-20)3-5-16(18)22(27)28/h1-6,9,12-13,25H,7-8,10-11H2,(H,23,26)(H,27,28). The number of nitrogens with one attached hydrogen (secondary N) is 1. The highest BCUT2D eigenvalue weighted by Gasteiger charge is 2.20. The van der Waals surface area contributed by atoms with Gasteiger partial charge in [0.1, 0.15) is 11.5 Å². The average Bonchev–Trinajstić information content (AvgIpc) is 3.29. The van der Waals surface area contributed by atoms with Gasteiger partial charge in [0.05, 0.1) is 36.3 Å². The van der Waals surface area contributed by atoms with Gasteiger partial charge in [-0.2, -0.15) is 0 Å². The van der Waals surface area contributed by atoms with Gasteiger partial charge >= 0.3 is 5.97 Å². The third-order valence-corrected chi connectivity index (χ3v) is 4.90. The maximum atomic E-state index is 12.9. The SMILES string of the molecule is O=C(Nc1cc(-c2ccco2)ccc1C(=O)O)c1cc(N2CCOCC2)ccc1O. The molecule has 2 aromatic carbocycles. The van der Waals surface area contributed by atoms with Gasteiger partial charge in [-0.1, -0.05) is 6.07 Å². The number of morpholine rings is 1. The zero-order valence-corrected chi connectivity index (χ0v) is 16.0. The van der Waals surface area contributed by atoms with Crippen LogP contribution in [0.1, 0.15) is 20.7 Å². The second kappa shape index (κ2) is 8.30. The Bertz CT molecular complexity index is 1070. The second-order valence-corrected chi connectivity index (χ2v) is 6.80. The second-order valence-electron chi connectivity index (χ2n) is 6.80. The van der Waals surface area contributed by atoms with Crippen molar-refractivity contribution in [2.24, 2.45) is 0 Å². The van der Waals surface area contributed by atoms with Crippen LogP contribution in [-0.4, -0.2) is 48.4 Å². The summed E-state index contributed by atoms with van der Waals surface area (Å²) in [6, 6.07) is 12.8. The summed E-state index contributed by atoms with van der Waals surface area (Å²) in [7, 11) is 0. The molecule has 1 fully saturated rings. The van der Waals surface area contributed by atoms with Crippen LogP contribution < -0.4 is 10.2 Å². The number of hydrogen-bond donors (Lipinski definition) is 3. The van der Waals surface area contributed by atoms with E-state index in [0.717, 1.165) is 5.69 Å². The van der Waals surface area contributed by atoms with Crippen molar-refractivity contribution < 1.29 is 29.0 Å². The molecule has 8 heteroatoms. The number of nitrogens with zero attached hydrogens (tertiary/aromatic N) is 1. The van der Waals surface area contributed by atoms with E-state index in [9.17, 15) is 19.8 Å². The van der Waals surface area contributed by atoms with Crippen molar-refractivity contribution in [2.45, 2.75) is 0 Å². The molecule has 3 aromatic rings. The monoisotopic (exact) mass is 408 g/mol. The molecule has 0 radical (unpaired) electrons. The number of anilines is 2. The average molecular weight is 408 g/mol. The number of carboxylic acids is 1. The number of hydrogen-bond acceptors (Lipinski definition) is 6. The van der Waals surface area contributed by atoms with Crippen LogP contribution in [0, 0.1) is 0 Å². The van der Waals surface area contributed by atoms with Crippen molar-refractivity contribution in [3.05, 3.63) is 65.9 Å². The zero-order chi connectivity index (χ0) is 21.1. The normalized spacial score (nSPS) is 13.8. The van der Waals surface area contributed by atoms with E-state index in [1.807, 2.05) is 0 Å². The van der Waals surface area contributed by atoms with Gasteiger partial charge in [-0.3, -0.25) is 4.79 Å². The van der Waals surface area contributed by atoms with Crippen molar-refractivity contribution in [3.8, 4) is 17.1 Å². The molecule has 1 aliphatic rings. The van der Waals surface area contributed by atoms with Gasteiger partial charge in [0, 0.05) is 24.3 Å². The number of ether oxygens (including phenoxy) is 1. The van der Waals surface area contributed by atoms with Gasteiger partial charge in [0.25, 0.3) is 5.91 Å². The van der Waals surface area contributed by atoms with Crippen LogP contribution in [0.2, 0.25) is 0 Å². The lowest BCUT2D eigenvalue weighted by Gasteiger charge is -2.29.